The van der Waals surface area contributed by atoms with Crippen molar-refractivity contribution in [2.75, 3.05) is 0 Å². The predicted molar refractivity (Wildman–Crippen MR) is 74.8 cm³/mol. The Bertz CT molecular complexity index is 308. The zero-order valence-electron chi connectivity index (χ0n) is 12.3. The van der Waals surface area contributed by atoms with Crippen LogP contribution in [0, 0.1) is 23.2 Å². The normalized spacial score (nSPS) is 37.0. The molecule has 2 rings (SSSR count). The van der Waals surface area contributed by atoms with Gasteiger partial charge in [-0.1, -0.05) is 13.8 Å². The summed E-state index contributed by atoms with van der Waals surface area (Å²) in [5, 5.41) is 18.7. The molecule has 0 aliphatic heterocycles. The second-order valence-corrected chi connectivity index (χ2v) is 7.21. The van der Waals surface area contributed by atoms with Crippen LogP contribution < -0.4 is 0 Å². The van der Waals surface area contributed by atoms with Crippen LogP contribution in [0.1, 0.15) is 65.2 Å². The number of carboxylic acid groups (broad SMARTS) is 1. The molecule has 0 spiro atoms. The average molecular weight is 268 g/mol. The van der Waals surface area contributed by atoms with Gasteiger partial charge in [-0.2, -0.15) is 0 Å². The Morgan fingerprint density at radius 3 is 1.74 bits per heavy atom. The summed E-state index contributed by atoms with van der Waals surface area (Å²) in [7, 11) is 0. The van der Waals surface area contributed by atoms with Crippen molar-refractivity contribution < 1.29 is 15.0 Å². The highest BCUT2D eigenvalue weighted by Gasteiger charge is 2.41. The fourth-order valence-electron chi connectivity index (χ4n) is 4.24. The van der Waals surface area contributed by atoms with Gasteiger partial charge in [0.15, 0.2) is 0 Å². The first-order valence-electron chi connectivity index (χ1n) is 7.82. The van der Waals surface area contributed by atoms with E-state index in [1.807, 2.05) is 0 Å². The Morgan fingerprint density at radius 1 is 0.895 bits per heavy atom. The minimum absolute atomic E-state index is 0.0882. The number of rotatable bonds is 3. The molecule has 0 aromatic heterocycles. The van der Waals surface area contributed by atoms with Gasteiger partial charge in [-0.3, -0.25) is 4.79 Å². The molecule has 2 fully saturated rings. The summed E-state index contributed by atoms with van der Waals surface area (Å²) in [5.41, 5.74) is 0.295. The molecule has 2 aliphatic carbocycles. The maximum atomic E-state index is 11.0. The van der Waals surface area contributed by atoms with E-state index < -0.39 is 5.97 Å². The summed E-state index contributed by atoms with van der Waals surface area (Å²) in [6, 6.07) is 0. The van der Waals surface area contributed by atoms with Gasteiger partial charge >= 0.3 is 5.97 Å². The van der Waals surface area contributed by atoms with Crippen molar-refractivity contribution in [3.63, 3.8) is 0 Å². The van der Waals surface area contributed by atoms with Crippen LogP contribution in [0.4, 0.5) is 0 Å². The zero-order chi connectivity index (χ0) is 14.0. The molecule has 0 unspecified atom stereocenters. The third-order valence-electron chi connectivity index (χ3n) is 5.88. The maximum absolute atomic E-state index is 11.0. The molecule has 2 aliphatic rings. The highest BCUT2D eigenvalue weighted by atomic mass is 16.4. The molecule has 3 nitrogen and oxygen atoms in total. The van der Waals surface area contributed by atoms with E-state index in [-0.39, 0.29) is 12.0 Å². The van der Waals surface area contributed by atoms with Gasteiger partial charge in [-0.25, -0.2) is 0 Å². The van der Waals surface area contributed by atoms with E-state index >= 15 is 0 Å². The molecule has 0 radical (unpaired) electrons. The average Bonchev–Trinajstić information content (AvgIpc) is 2.39. The minimum atomic E-state index is -0.614. The molecule has 0 aromatic rings. The Balaban J connectivity index is 1.91. The van der Waals surface area contributed by atoms with Crippen LogP contribution in [-0.2, 0) is 4.79 Å². The summed E-state index contributed by atoms with van der Waals surface area (Å²) in [4.78, 5) is 11.0. The fraction of sp³-hybridized carbons (Fsp3) is 0.938. The number of carboxylic acids is 1. The van der Waals surface area contributed by atoms with Gasteiger partial charge in [0.1, 0.15) is 0 Å². The standard InChI is InChI=1S/C16H28O3/c1-16(2,13-7-9-14(17)10-8-13)12-5-3-11(4-6-12)15(18)19/h11-14,17H,3-10H2,1-2H3,(H,18,19). The molecule has 0 heterocycles. The summed E-state index contributed by atoms with van der Waals surface area (Å²) < 4.78 is 0. The Hall–Kier alpha value is -0.570. The predicted octanol–water partition coefficient (Wildman–Crippen LogP) is 3.45. The van der Waals surface area contributed by atoms with E-state index in [9.17, 15) is 9.90 Å². The quantitative estimate of drug-likeness (QED) is 0.824. The highest BCUT2D eigenvalue weighted by Crippen LogP contribution is 2.49. The molecule has 0 amide bonds. The Labute approximate surface area is 116 Å². The lowest BCUT2D eigenvalue weighted by molar-refractivity contribution is -0.143. The van der Waals surface area contributed by atoms with Crippen LogP contribution in [0.25, 0.3) is 0 Å². The molecular weight excluding hydrogens is 240 g/mol. The molecule has 0 saturated heterocycles. The van der Waals surface area contributed by atoms with Crippen molar-refractivity contribution >= 4 is 5.97 Å². The molecule has 0 aromatic carbocycles. The maximum Gasteiger partial charge on any atom is 0.306 e. The largest absolute Gasteiger partial charge is 0.481 e. The van der Waals surface area contributed by atoms with Gasteiger partial charge in [-0.15, -0.1) is 0 Å². The van der Waals surface area contributed by atoms with Crippen LogP contribution in [-0.4, -0.2) is 22.3 Å². The van der Waals surface area contributed by atoms with Crippen molar-refractivity contribution in [1.29, 1.82) is 0 Å². The van der Waals surface area contributed by atoms with E-state index in [2.05, 4.69) is 13.8 Å². The smallest absolute Gasteiger partial charge is 0.306 e. The number of hydrogen-bond donors (Lipinski definition) is 2. The first kappa shape index (κ1) is 14.8. The van der Waals surface area contributed by atoms with Crippen LogP contribution in [0.3, 0.4) is 0 Å². The summed E-state index contributed by atoms with van der Waals surface area (Å²) in [5.74, 6) is 0.628. The SMILES string of the molecule is CC(C)(C1CCC(O)CC1)C1CCC(C(=O)O)CC1. The van der Waals surface area contributed by atoms with Gasteiger partial charge in [0.2, 0.25) is 0 Å². The Kier molecular flexibility index (Phi) is 4.54. The van der Waals surface area contributed by atoms with Crippen molar-refractivity contribution in [3.8, 4) is 0 Å². The molecule has 3 heteroatoms. The molecule has 2 saturated carbocycles. The highest BCUT2D eigenvalue weighted by molar-refractivity contribution is 5.69. The third kappa shape index (κ3) is 3.31. The van der Waals surface area contributed by atoms with E-state index in [1.165, 1.54) is 0 Å². The van der Waals surface area contributed by atoms with Crippen molar-refractivity contribution in [1.82, 2.24) is 0 Å². The van der Waals surface area contributed by atoms with Gasteiger partial charge in [0.05, 0.1) is 12.0 Å². The summed E-state index contributed by atoms with van der Waals surface area (Å²) in [6.45, 7) is 4.72. The van der Waals surface area contributed by atoms with Crippen LogP contribution >= 0.6 is 0 Å². The first-order chi connectivity index (χ1) is 8.91. The molecule has 110 valence electrons. The summed E-state index contributed by atoms with van der Waals surface area (Å²) in [6.07, 6.45) is 7.87. The van der Waals surface area contributed by atoms with Gasteiger partial charge < -0.3 is 10.2 Å². The molecule has 2 N–H and O–H groups in total. The molecular formula is C16H28O3. The lowest BCUT2D eigenvalue weighted by Crippen LogP contribution is -2.38. The van der Waals surface area contributed by atoms with E-state index in [0.29, 0.717) is 17.3 Å². The number of carbonyl (C=O) groups is 1. The molecule has 19 heavy (non-hydrogen) atoms. The molecule has 0 atom stereocenters. The molecule has 0 bridgehead atoms. The van der Waals surface area contributed by atoms with E-state index in [1.54, 1.807) is 0 Å². The zero-order valence-corrected chi connectivity index (χ0v) is 12.3. The van der Waals surface area contributed by atoms with Gasteiger partial charge in [-0.05, 0) is 68.6 Å². The van der Waals surface area contributed by atoms with Crippen molar-refractivity contribution in [3.05, 3.63) is 0 Å². The topological polar surface area (TPSA) is 57.5 Å². The van der Waals surface area contributed by atoms with Gasteiger partial charge in [0, 0.05) is 0 Å². The monoisotopic (exact) mass is 268 g/mol. The lowest BCUT2D eigenvalue weighted by atomic mass is 9.60. The minimum Gasteiger partial charge on any atom is -0.481 e. The second-order valence-electron chi connectivity index (χ2n) is 7.21. The first-order valence-corrected chi connectivity index (χ1v) is 7.82. The van der Waals surface area contributed by atoms with Crippen LogP contribution in [0.2, 0.25) is 0 Å². The fourth-order valence-corrected chi connectivity index (χ4v) is 4.24. The number of aliphatic hydroxyl groups is 1. The van der Waals surface area contributed by atoms with Crippen LogP contribution in [0.15, 0.2) is 0 Å². The van der Waals surface area contributed by atoms with Crippen molar-refractivity contribution in [2.24, 2.45) is 23.2 Å². The number of aliphatic carboxylic acids is 1. The summed E-state index contributed by atoms with van der Waals surface area (Å²) >= 11 is 0. The third-order valence-corrected chi connectivity index (χ3v) is 5.88. The lowest BCUT2D eigenvalue weighted by Gasteiger charge is -2.46. The van der Waals surface area contributed by atoms with Crippen LogP contribution in [0.5, 0.6) is 0 Å². The number of hydrogen-bond acceptors (Lipinski definition) is 2. The Morgan fingerprint density at radius 2 is 1.32 bits per heavy atom. The van der Waals surface area contributed by atoms with Crippen molar-refractivity contribution in [2.45, 2.75) is 71.3 Å². The number of aliphatic hydroxyl groups excluding tert-OH is 1. The second kappa shape index (κ2) is 5.82. The van der Waals surface area contributed by atoms with Gasteiger partial charge in [0.25, 0.3) is 0 Å². The van der Waals surface area contributed by atoms with E-state index in [4.69, 9.17) is 5.11 Å². The van der Waals surface area contributed by atoms with E-state index in [0.717, 1.165) is 51.4 Å².